The SMILES string of the molecule is CNC1CCC[C@@H](N2CCN(C3CC3)CC2)C1. The van der Waals surface area contributed by atoms with Crippen molar-refractivity contribution in [3.8, 4) is 0 Å². The molecule has 17 heavy (non-hydrogen) atoms. The summed E-state index contributed by atoms with van der Waals surface area (Å²) in [5, 5.41) is 3.47. The standard InChI is InChI=1S/C14H27N3/c1-15-12-3-2-4-14(11-12)17-9-7-16(8-10-17)13-5-6-13/h12-15H,2-11H2,1H3/t12?,14-/m1/s1. The van der Waals surface area contributed by atoms with Gasteiger partial charge in [0.1, 0.15) is 0 Å². The van der Waals surface area contributed by atoms with Crippen LogP contribution in [-0.2, 0) is 0 Å². The van der Waals surface area contributed by atoms with Crippen molar-refractivity contribution in [2.75, 3.05) is 33.2 Å². The van der Waals surface area contributed by atoms with Crippen molar-refractivity contribution in [2.45, 2.75) is 56.7 Å². The van der Waals surface area contributed by atoms with Crippen LogP contribution in [0.5, 0.6) is 0 Å². The molecule has 0 aromatic carbocycles. The molecule has 3 fully saturated rings. The highest BCUT2D eigenvalue weighted by Gasteiger charge is 2.33. The van der Waals surface area contributed by atoms with E-state index in [1.54, 1.807) is 0 Å². The van der Waals surface area contributed by atoms with E-state index in [1.165, 1.54) is 64.7 Å². The van der Waals surface area contributed by atoms with Crippen LogP contribution >= 0.6 is 0 Å². The Morgan fingerprint density at radius 2 is 1.47 bits per heavy atom. The molecule has 3 rings (SSSR count). The van der Waals surface area contributed by atoms with E-state index >= 15 is 0 Å². The van der Waals surface area contributed by atoms with Crippen LogP contribution < -0.4 is 5.32 Å². The summed E-state index contributed by atoms with van der Waals surface area (Å²) in [7, 11) is 2.12. The summed E-state index contributed by atoms with van der Waals surface area (Å²) in [5.74, 6) is 0. The van der Waals surface area contributed by atoms with Gasteiger partial charge in [-0.2, -0.15) is 0 Å². The summed E-state index contributed by atoms with van der Waals surface area (Å²) < 4.78 is 0. The van der Waals surface area contributed by atoms with Gasteiger partial charge < -0.3 is 5.32 Å². The summed E-state index contributed by atoms with van der Waals surface area (Å²) >= 11 is 0. The highest BCUT2D eigenvalue weighted by atomic mass is 15.3. The Balaban J connectivity index is 1.48. The third-order valence-corrected chi connectivity index (χ3v) is 4.98. The smallest absolute Gasteiger partial charge is 0.0113 e. The van der Waals surface area contributed by atoms with Gasteiger partial charge in [-0.05, 0) is 39.2 Å². The molecule has 2 atom stereocenters. The molecule has 2 saturated carbocycles. The second-order valence-electron chi connectivity index (χ2n) is 6.11. The molecule has 1 heterocycles. The predicted molar refractivity (Wildman–Crippen MR) is 71.3 cm³/mol. The summed E-state index contributed by atoms with van der Waals surface area (Å²) in [6, 6.07) is 2.60. The Kier molecular flexibility index (Phi) is 3.69. The van der Waals surface area contributed by atoms with Crippen LogP contribution in [0.15, 0.2) is 0 Å². The summed E-state index contributed by atoms with van der Waals surface area (Å²) in [6.45, 7) is 5.28. The van der Waals surface area contributed by atoms with Crippen LogP contribution in [0.3, 0.4) is 0 Å². The highest BCUT2D eigenvalue weighted by molar-refractivity contribution is 4.90. The molecule has 1 N–H and O–H groups in total. The summed E-state index contributed by atoms with van der Waals surface area (Å²) in [4.78, 5) is 5.48. The molecule has 0 aromatic heterocycles. The van der Waals surface area contributed by atoms with Gasteiger partial charge in [-0.25, -0.2) is 0 Å². The zero-order valence-electron chi connectivity index (χ0n) is 11.2. The minimum atomic E-state index is 0.773. The molecule has 3 aliphatic rings. The van der Waals surface area contributed by atoms with E-state index in [0.717, 1.165) is 18.1 Å². The molecule has 3 nitrogen and oxygen atoms in total. The maximum atomic E-state index is 3.47. The van der Waals surface area contributed by atoms with Crippen molar-refractivity contribution < 1.29 is 0 Å². The van der Waals surface area contributed by atoms with Gasteiger partial charge in [-0.15, -0.1) is 0 Å². The fourth-order valence-electron chi connectivity index (χ4n) is 3.67. The minimum Gasteiger partial charge on any atom is -0.317 e. The van der Waals surface area contributed by atoms with Crippen molar-refractivity contribution in [3.05, 3.63) is 0 Å². The van der Waals surface area contributed by atoms with Gasteiger partial charge in [0.05, 0.1) is 0 Å². The number of nitrogens with one attached hydrogen (secondary N) is 1. The second kappa shape index (κ2) is 5.25. The molecular weight excluding hydrogens is 210 g/mol. The Bertz CT molecular complexity index is 244. The normalized spacial score (nSPS) is 37.2. The zero-order chi connectivity index (χ0) is 11.7. The lowest BCUT2D eigenvalue weighted by Gasteiger charge is -2.42. The molecule has 98 valence electrons. The van der Waals surface area contributed by atoms with Gasteiger partial charge in [0.15, 0.2) is 0 Å². The molecule has 0 radical (unpaired) electrons. The Morgan fingerprint density at radius 1 is 0.824 bits per heavy atom. The van der Waals surface area contributed by atoms with Crippen molar-refractivity contribution in [1.82, 2.24) is 15.1 Å². The van der Waals surface area contributed by atoms with Crippen LogP contribution in [0.4, 0.5) is 0 Å². The summed E-state index contributed by atoms with van der Waals surface area (Å²) in [5.41, 5.74) is 0. The molecule has 0 bridgehead atoms. The van der Waals surface area contributed by atoms with Gasteiger partial charge in [-0.3, -0.25) is 9.80 Å². The topological polar surface area (TPSA) is 18.5 Å². The third kappa shape index (κ3) is 2.83. The average molecular weight is 237 g/mol. The fourth-order valence-corrected chi connectivity index (χ4v) is 3.67. The first-order chi connectivity index (χ1) is 8.36. The van der Waals surface area contributed by atoms with Crippen molar-refractivity contribution in [1.29, 1.82) is 0 Å². The highest BCUT2D eigenvalue weighted by Crippen LogP contribution is 2.29. The van der Waals surface area contributed by atoms with Gasteiger partial charge in [0, 0.05) is 44.3 Å². The predicted octanol–water partition coefficient (Wildman–Crippen LogP) is 1.30. The van der Waals surface area contributed by atoms with E-state index in [2.05, 4.69) is 22.2 Å². The molecule has 2 aliphatic carbocycles. The Labute approximate surface area is 106 Å². The molecule has 0 amide bonds. The van der Waals surface area contributed by atoms with Crippen molar-refractivity contribution in [3.63, 3.8) is 0 Å². The zero-order valence-corrected chi connectivity index (χ0v) is 11.2. The first-order valence-electron chi connectivity index (χ1n) is 7.52. The molecular formula is C14H27N3. The third-order valence-electron chi connectivity index (χ3n) is 4.98. The van der Waals surface area contributed by atoms with E-state index < -0.39 is 0 Å². The van der Waals surface area contributed by atoms with Crippen LogP contribution in [0.1, 0.15) is 38.5 Å². The van der Waals surface area contributed by atoms with Crippen LogP contribution in [0, 0.1) is 0 Å². The van der Waals surface area contributed by atoms with Crippen LogP contribution in [-0.4, -0.2) is 61.2 Å². The first kappa shape index (κ1) is 11.9. The largest absolute Gasteiger partial charge is 0.317 e. The Morgan fingerprint density at radius 3 is 2.06 bits per heavy atom. The molecule has 1 unspecified atom stereocenters. The monoisotopic (exact) mass is 237 g/mol. The summed E-state index contributed by atoms with van der Waals surface area (Å²) in [6.07, 6.45) is 8.53. The number of hydrogen-bond acceptors (Lipinski definition) is 3. The maximum Gasteiger partial charge on any atom is 0.0113 e. The lowest BCUT2D eigenvalue weighted by molar-refractivity contribution is 0.0691. The Hall–Kier alpha value is -0.120. The van der Waals surface area contributed by atoms with Gasteiger partial charge in [0.2, 0.25) is 0 Å². The molecule has 0 spiro atoms. The lowest BCUT2D eigenvalue weighted by atomic mass is 9.89. The van der Waals surface area contributed by atoms with Crippen LogP contribution in [0.2, 0.25) is 0 Å². The number of piperazine rings is 1. The quantitative estimate of drug-likeness (QED) is 0.798. The van der Waals surface area contributed by atoms with Gasteiger partial charge in [0.25, 0.3) is 0 Å². The fraction of sp³-hybridized carbons (Fsp3) is 1.00. The second-order valence-corrected chi connectivity index (χ2v) is 6.11. The lowest BCUT2D eigenvalue weighted by Crippen LogP contribution is -2.53. The van der Waals surface area contributed by atoms with E-state index in [-0.39, 0.29) is 0 Å². The molecule has 1 saturated heterocycles. The maximum absolute atomic E-state index is 3.47. The van der Waals surface area contributed by atoms with E-state index in [4.69, 9.17) is 0 Å². The average Bonchev–Trinajstić information content (AvgIpc) is 3.23. The van der Waals surface area contributed by atoms with E-state index in [1.807, 2.05) is 0 Å². The van der Waals surface area contributed by atoms with E-state index in [0.29, 0.717) is 0 Å². The number of nitrogens with zero attached hydrogens (tertiary/aromatic N) is 2. The first-order valence-corrected chi connectivity index (χ1v) is 7.52. The van der Waals surface area contributed by atoms with Crippen molar-refractivity contribution in [2.24, 2.45) is 0 Å². The number of hydrogen-bond donors (Lipinski definition) is 1. The molecule has 0 aromatic rings. The minimum absolute atomic E-state index is 0.773. The van der Waals surface area contributed by atoms with Gasteiger partial charge >= 0.3 is 0 Å². The van der Waals surface area contributed by atoms with Gasteiger partial charge in [-0.1, -0.05) is 6.42 Å². The van der Waals surface area contributed by atoms with E-state index in [9.17, 15) is 0 Å². The van der Waals surface area contributed by atoms with Crippen molar-refractivity contribution >= 4 is 0 Å². The van der Waals surface area contributed by atoms with Crippen LogP contribution in [0.25, 0.3) is 0 Å². The molecule has 3 heteroatoms. The number of rotatable bonds is 3. The molecule has 1 aliphatic heterocycles.